The summed E-state index contributed by atoms with van der Waals surface area (Å²) in [7, 11) is -7.81. The SMILES string of the molecule is CS(=O)(=O)OC[C@H](OCc1ccccc1)[C@@H](OCc1ccccc1)[C@@H](COCc1ccccc1)OS(C)(=O)=O. The zero-order chi connectivity index (χ0) is 28.1. The molecule has 0 unspecified atom stereocenters. The standard InChI is InChI=1S/C28H34O9S2/c1-38(29,30)36-22-26(34-19-24-14-8-4-9-15-24)28(35-20-25-16-10-5-11-17-25)27(37-39(2,31)32)21-33-18-23-12-6-3-7-13-23/h3-17,26-28H,18-22H2,1-2H3/t26-,27+,28+/m0/s1. The van der Waals surface area contributed by atoms with Crippen LogP contribution in [0.15, 0.2) is 91.0 Å². The van der Waals surface area contributed by atoms with Gasteiger partial charge in [0, 0.05) is 0 Å². The average Bonchev–Trinajstić information content (AvgIpc) is 2.90. The Morgan fingerprint density at radius 3 is 1.49 bits per heavy atom. The summed E-state index contributed by atoms with van der Waals surface area (Å²) in [5.41, 5.74) is 2.52. The second kappa shape index (κ2) is 15.2. The smallest absolute Gasteiger partial charge is 0.264 e. The van der Waals surface area contributed by atoms with Crippen molar-refractivity contribution in [2.45, 2.75) is 38.1 Å². The molecule has 39 heavy (non-hydrogen) atoms. The Morgan fingerprint density at radius 1 is 0.564 bits per heavy atom. The van der Waals surface area contributed by atoms with E-state index in [1.165, 1.54) is 0 Å². The molecule has 0 radical (unpaired) electrons. The first-order chi connectivity index (χ1) is 18.6. The second-order valence-corrected chi connectivity index (χ2v) is 12.2. The van der Waals surface area contributed by atoms with Gasteiger partial charge in [0.25, 0.3) is 20.2 Å². The molecule has 3 aromatic carbocycles. The van der Waals surface area contributed by atoms with Gasteiger partial charge in [0.05, 0.1) is 45.5 Å². The van der Waals surface area contributed by atoms with Gasteiger partial charge in [-0.05, 0) is 16.7 Å². The Balaban J connectivity index is 1.89. The Bertz CT molecular complexity index is 1320. The van der Waals surface area contributed by atoms with Gasteiger partial charge >= 0.3 is 0 Å². The van der Waals surface area contributed by atoms with Crippen LogP contribution in [0.5, 0.6) is 0 Å². The fraction of sp³-hybridized carbons (Fsp3) is 0.357. The van der Waals surface area contributed by atoms with E-state index in [1.807, 2.05) is 91.0 Å². The lowest BCUT2D eigenvalue weighted by atomic mass is 10.1. The van der Waals surface area contributed by atoms with Crippen LogP contribution in [0.2, 0.25) is 0 Å². The van der Waals surface area contributed by atoms with Crippen molar-refractivity contribution in [1.82, 2.24) is 0 Å². The van der Waals surface area contributed by atoms with Crippen molar-refractivity contribution in [1.29, 1.82) is 0 Å². The van der Waals surface area contributed by atoms with E-state index in [2.05, 4.69) is 0 Å². The highest BCUT2D eigenvalue weighted by atomic mass is 32.2. The Labute approximate surface area is 230 Å². The van der Waals surface area contributed by atoms with E-state index in [0.29, 0.717) is 0 Å². The Morgan fingerprint density at radius 2 is 1.03 bits per heavy atom. The zero-order valence-corrected chi connectivity index (χ0v) is 23.6. The molecule has 0 N–H and O–H groups in total. The molecule has 0 aliphatic rings. The van der Waals surface area contributed by atoms with Crippen LogP contribution in [0.25, 0.3) is 0 Å². The zero-order valence-electron chi connectivity index (χ0n) is 21.9. The number of hydrogen-bond acceptors (Lipinski definition) is 9. The van der Waals surface area contributed by atoms with E-state index in [0.717, 1.165) is 29.2 Å². The number of benzene rings is 3. The highest BCUT2D eigenvalue weighted by Crippen LogP contribution is 2.20. The molecule has 3 atom stereocenters. The van der Waals surface area contributed by atoms with Crippen molar-refractivity contribution < 1.29 is 39.4 Å². The first kappa shape index (κ1) is 30.9. The molecule has 0 saturated carbocycles. The van der Waals surface area contributed by atoms with Gasteiger partial charge in [-0.15, -0.1) is 0 Å². The molecular weight excluding hydrogens is 544 g/mol. The van der Waals surface area contributed by atoms with Gasteiger partial charge in [0.2, 0.25) is 0 Å². The molecule has 0 aliphatic heterocycles. The molecule has 212 valence electrons. The highest BCUT2D eigenvalue weighted by molar-refractivity contribution is 7.86. The lowest BCUT2D eigenvalue weighted by molar-refractivity contribution is -0.147. The molecule has 3 aromatic rings. The van der Waals surface area contributed by atoms with Gasteiger partial charge in [-0.3, -0.25) is 8.37 Å². The van der Waals surface area contributed by atoms with Crippen LogP contribution >= 0.6 is 0 Å². The first-order valence-electron chi connectivity index (χ1n) is 12.2. The molecule has 0 fully saturated rings. The van der Waals surface area contributed by atoms with Gasteiger partial charge < -0.3 is 14.2 Å². The molecule has 0 aromatic heterocycles. The maximum Gasteiger partial charge on any atom is 0.264 e. The van der Waals surface area contributed by atoms with Crippen LogP contribution < -0.4 is 0 Å². The molecule has 0 spiro atoms. The van der Waals surface area contributed by atoms with Crippen molar-refractivity contribution >= 4 is 20.2 Å². The van der Waals surface area contributed by atoms with Gasteiger partial charge in [-0.25, -0.2) is 0 Å². The van der Waals surface area contributed by atoms with Gasteiger partial charge in [0.15, 0.2) is 0 Å². The first-order valence-corrected chi connectivity index (χ1v) is 15.9. The number of rotatable bonds is 17. The van der Waals surface area contributed by atoms with Crippen LogP contribution in [0, 0.1) is 0 Å². The monoisotopic (exact) mass is 578 g/mol. The lowest BCUT2D eigenvalue weighted by Crippen LogP contribution is -2.48. The summed E-state index contributed by atoms with van der Waals surface area (Å²) in [6, 6.07) is 27.9. The summed E-state index contributed by atoms with van der Waals surface area (Å²) in [6.45, 7) is -0.220. The molecule has 11 heteroatoms. The maximum atomic E-state index is 12.3. The molecule has 0 heterocycles. The van der Waals surface area contributed by atoms with Crippen molar-refractivity contribution in [2.24, 2.45) is 0 Å². The third-order valence-electron chi connectivity index (χ3n) is 5.46. The van der Waals surface area contributed by atoms with Crippen LogP contribution in [0.3, 0.4) is 0 Å². The van der Waals surface area contributed by atoms with E-state index in [-0.39, 0.29) is 26.4 Å². The summed E-state index contributed by atoms with van der Waals surface area (Å²) in [4.78, 5) is 0. The van der Waals surface area contributed by atoms with E-state index >= 15 is 0 Å². The summed E-state index contributed by atoms with van der Waals surface area (Å²) >= 11 is 0. The van der Waals surface area contributed by atoms with E-state index in [4.69, 9.17) is 22.6 Å². The molecule has 0 amide bonds. The lowest BCUT2D eigenvalue weighted by Gasteiger charge is -2.32. The third kappa shape index (κ3) is 12.4. The van der Waals surface area contributed by atoms with Crippen LogP contribution in [-0.4, -0.2) is 60.9 Å². The average molecular weight is 579 g/mol. The second-order valence-electron chi connectivity index (χ2n) is 8.92. The molecule has 0 aliphatic carbocycles. The predicted octanol–water partition coefficient (Wildman–Crippen LogP) is 3.70. The van der Waals surface area contributed by atoms with E-state index in [9.17, 15) is 16.8 Å². The number of ether oxygens (including phenoxy) is 3. The van der Waals surface area contributed by atoms with Gasteiger partial charge in [0.1, 0.15) is 18.3 Å². The Hall–Kier alpha value is -2.64. The minimum atomic E-state index is -3.96. The van der Waals surface area contributed by atoms with Gasteiger partial charge in [-0.1, -0.05) is 91.0 Å². The van der Waals surface area contributed by atoms with E-state index < -0.39 is 45.2 Å². The molecule has 0 saturated heterocycles. The molecule has 0 bridgehead atoms. The summed E-state index contributed by atoms with van der Waals surface area (Å²) in [6.07, 6.45) is -1.43. The van der Waals surface area contributed by atoms with Crippen molar-refractivity contribution in [2.75, 3.05) is 25.7 Å². The van der Waals surface area contributed by atoms with E-state index in [1.54, 1.807) is 0 Å². The van der Waals surface area contributed by atoms with Crippen molar-refractivity contribution in [3.8, 4) is 0 Å². The summed E-state index contributed by atoms with van der Waals surface area (Å²) in [5, 5.41) is 0. The minimum absolute atomic E-state index is 0.0812. The largest absolute Gasteiger partial charge is 0.374 e. The normalized spacial score (nSPS) is 14.5. The number of hydrogen-bond donors (Lipinski definition) is 0. The van der Waals surface area contributed by atoms with Gasteiger partial charge in [-0.2, -0.15) is 16.8 Å². The third-order valence-corrected chi connectivity index (χ3v) is 6.62. The molecular formula is C28H34O9S2. The van der Waals surface area contributed by atoms with Crippen LogP contribution in [0.1, 0.15) is 16.7 Å². The quantitative estimate of drug-likeness (QED) is 0.221. The minimum Gasteiger partial charge on any atom is -0.374 e. The highest BCUT2D eigenvalue weighted by Gasteiger charge is 2.36. The van der Waals surface area contributed by atoms with Crippen LogP contribution in [-0.2, 0) is 62.6 Å². The van der Waals surface area contributed by atoms with Crippen molar-refractivity contribution in [3.63, 3.8) is 0 Å². The fourth-order valence-corrected chi connectivity index (χ4v) is 4.69. The fourth-order valence-electron chi connectivity index (χ4n) is 3.70. The maximum absolute atomic E-state index is 12.3. The van der Waals surface area contributed by atoms with Crippen LogP contribution in [0.4, 0.5) is 0 Å². The topological polar surface area (TPSA) is 114 Å². The molecule has 9 nitrogen and oxygen atoms in total. The predicted molar refractivity (Wildman–Crippen MR) is 147 cm³/mol. The Kier molecular flexibility index (Phi) is 12.1. The van der Waals surface area contributed by atoms with Crippen molar-refractivity contribution in [3.05, 3.63) is 108 Å². The molecule has 3 rings (SSSR count). The summed E-state index contributed by atoms with van der Waals surface area (Å²) in [5.74, 6) is 0. The summed E-state index contributed by atoms with van der Waals surface area (Å²) < 4.78 is 76.9.